The average Bonchev–Trinajstić information content (AvgIpc) is 2.27. The van der Waals surface area contributed by atoms with Gasteiger partial charge in [-0.3, -0.25) is 4.79 Å². The Labute approximate surface area is 92.1 Å². The largest absolute Gasteiger partial charge is 0.396 e. The van der Waals surface area contributed by atoms with Gasteiger partial charge < -0.3 is 10.4 Å². The summed E-state index contributed by atoms with van der Waals surface area (Å²) in [4.78, 5) is 11.1. The van der Waals surface area contributed by atoms with Crippen LogP contribution in [0.5, 0.6) is 0 Å². The molecule has 0 atom stereocenters. The van der Waals surface area contributed by atoms with E-state index in [4.69, 9.17) is 5.11 Å². The standard InChI is InChI=1S/C11H13F2NO2/c12-9-3-4-10(13)8(6-9)7-14-11(16)2-1-5-15/h3-4,6,15H,1-2,5,7H2,(H,14,16). The van der Waals surface area contributed by atoms with Crippen LogP contribution in [0.3, 0.4) is 0 Å². The van der Waals surface area contributed by atoms with E-state index in [1.54, 1.807) is 0 Å². The van der Waals surface area contributed by atoms with Gasteiger partial charge >= 0.3 is 0 Å². The second kappa shape index (κ2) is 6.17. The molecule has 3 nitrogen and oxygen atoms in total. The molecular weight excluding hydrogens is 216 g/mol. The summed E-state index contributed by atoms with van der Waals surface area (Å²) < 4.78 is 25.9. The summed E-state index contributed by atoms with van der Waals surface area (Å²) in [5, 5.41) is 10.9. The lowest BCUT2D eigenvalue weighted by Crippen LogP contribution is -2.23. The number of rotatable bonds is 5. The number of amides is 1. The van der Waals surface area contributed by atoms with Crippen molar-refractivity contribution in [2.75, 3.05) is 6.61 Å². The molecule has 0 aliphatic heterocycles. The van der Waals surface area contributed by atoms with Crippen LogP contribution in [-0.2, 0) is 11.3 Å². The summed E-state index contributed by atoms with van der Waals surface area (Å²) in [6, 6.07) is 3.08. The maximum atomic E-state index is 13.1. The zero-order chi connectivity index (χ0) is 12.0. The minimum absolute atomic E-state index is 0.0478. The monoisotopic (exact) mass is 229 g/mol. The number of aliphatic hydroxyl groups excluding tert-OH is 1. The molecule has 0 unspecified atom stereocenters. The normalized spacial score (nSPS) is 10.2. The lowest BCUT2D eigenvalue weighted by Gasteiger charge is -2.05. The van der Waals surface area contributed by atoms with Crippen molar-refractivity contribution >= 4 is 5.91 Å². The summed E-state index contributed by atoms with van der Waals surface area (Å²) in [7, 11) is 0. The van der Waals surface area contributed by atoms with E-state index in [0.717, 1.165) is 18.2 Å². The zero-order valence-electron chi connectivity index (χ0n) is 8.67. The third-order valence-corrected chi connectivity index (χ3v) is 2.05. The smallest absolute Gasteiger partial charge is 0.220 e. The highest BCUT2D eigenvalue weighted by Gasteiger charge is 2.05. The van der Waals surface area contributed by atoms with Gasteiger partial charge in [0.25, 0.3) is 0 Å². The Hall–Kier alpha value is -1.49. The molecular formula is C11H13F2NO2. The Morgan fingerprint density at radius 2 is 2.12 bits per heavy atom. The first-order chi connectivity index (χ1) is 7.63. The van der Waals surface area contributed by atoms with Crippen molar-refractivity contribution in [2.45, 2.75) is 19.4 Å². The first kappa shape index (κ1) is 12.6. The molecule has 0 fully saturated rings. The molecule has 16 heavy (non-hydrogen) atoms. The fraction of sp³-hybridized carbons (Fsp3) is 0.364. The molecule has 0 aliphatic carbocycles. The number of benzene rings is 1. The molecule has 2 N–H and O–H groups in total. The number of carbonyl (C=O) groups excluding carboxylic acids is 1. The highest BCUT2D eigenvalue weighted by atomic mass is 19.1. The highest BCUT2D eigenvalue weighted by molar-refractivity contribution is 5.75. The SMILES string of the molecule is O=C(CCCO)NCc1cc(F)ccc1F. The summed E-state index contributed by atoms with van der Waals surface area (Å²) >= 11 is 0. The summed E-state index contributed by atoms with van der Waals surface area (Å²) in [6.07, 6.45) is 0.533. The van der Waals surface area contributed by atoms with E-state index in [-0.39, 0.29) is 31.0 Å². The molecule has 0 bridgehead atoms. The van der Waals surface area contributed by atoms with Crippen molar-refractivity contribution in [3.05, 3.63) is 35.4 Å². The Morgan fingerprint density at radius 3 is 2.81 bits per heavy atom. The van der Waals surface area contributed by atoms with Crippen molar-refractivity contribution in [1.82, 2.24) is 5.32 Å². The fourth-order valence-corrected chi connectivity index (χ4v) is 1.20. The van der Waals surface area contributed by atoms with Crippen molar-refractivity contribution in [3.63, 3.8) is 0 Å². The van der Waals surface area contributed by atoms with Crippen LogP contribution in [-0.4, -0.2) is 17.6 Å². The molecule has 5 heteroatoms. The second-order valence-corrected chi connectivity index (χ2v) is 3.34. The number of hydrogen-bond donors (Lipinski definition) is 2. The molecule has 88 valence electrons. The van der Waals surface area contributed by atoms with Crippen LogP contribution < -0.4 is 5.32 Å². The zero-order valence-corrected chi connectivity index (χ0v) is 8.67. The van der Waals surface area contributed by atoms with E-state index in [1.165, 1.54) is 0 Å². The molecule has 1 aromatic carbocycles. The predicted octanol–water partition coefficient (Wildman–Crippen LogP) is 1.35. The third kappa shape index (κ3) is 3.94. The van der Waals surface area contributed by atoms with E-state index >= 15 is 0 Å². The fourth-order valence-electron chi connectivity index (χ4n) is 1.20. The van der Waals surface area contributed by atoms with Gasteiger partial charge in [0, 0.05) is 25.1 Å². The van der Waals surface area contributed by atoms with Crippen molar-refractivity contribution in [1.29, 1.82) is 0 Å². The molecule has 0 aromatic heterocycles. The Balaban J connectivity index is 2.47. The summed E-state index contributed by atoms with van der Waals surface area (Å²) in [5.41, 5.74) is 0.109. The number of aliphatic hydroxyl groups is 1. The van der Waals surface area contributed by atoms with Gasteiger partial charge in [0.05, 0.1) is 0 Å². The average molecular weight is 229 g/mol. The summed E-state index contributed by atoms with van der Waals surface area (Å²) in [6.45, 7) is -0.115. The molecule has 1 rings (SSSR count). The Morgan fingerprint density at radius 1 is 1.38 bits per heavy atom. The van der Waals surface area contributed by atoms with Crippen LogP contribution in [0.2, 0.25) is 0 Å². The molecule has 1 aromatic rings. The third-order valence-electron chi connectivity index (χ3n) is 2.05. The number of hydrogen-bond acceptors (Lipinski definition) is 2. The maximum absolute atomic E-state index is 13.1. The molecule has 0 radical (unpaired) electrons. The quantitative estimate of drug-likeness (QED) is 0.800. The van der Waals surface area contributed by atoms with Crippen LogP contribution in [0, 0.1) is 11.6 Å². The van der Waals surface area contributed by atoms with Crippen LogP contribution in [0.1, 0.15) is 18.4 Å². The van der Waals surface area contributed by atoms with Gasteiger partial charge in [-0.15, -0.1) is 0 Å². The van der Waals surface area contributed by atoms with E-state index in [0.29, 0.717) is 6.42 Å². The summed E-state index contributed by atoms with van der Waals surface area (Å²) in [5.74, 6) is -1.39. The maximum Gasteiger partial charge on any atom is 0.220 e. The number of nitrogens with one attached hydrogen (secondary N) is 1. The highest BCUT2D eigenvalue weighted by Crippen LogP contribution is 2.09. The topological polar surface area (TPSA) is 49.3 Å². The van der Waals surface area contributed by atoms with Crippen molar-refractivity contribution in [2.24, 2.45) is 0 Å². The Kier molecular flexibility index (Phi) is 4.85. The van der Waals surface area contributed by atoms with Gasteiger partial charge in [0.2, 0.25) is 5.91 Å². The van der Waals surface area contributed by atoms with E-state index in [1.807, 2.05) is 0 Å². The van der Waals surface area contributed by atoms with E-state index in [9.17, 15) is 13.6 Å². The molecule has 1 amide bonds. The first-order valence-electron chi connectivity index (χ1n) is 4.95. The van der Waals surface area contributed by atoms with Crippen LogP contribution in [0.25, 0.3) is 0 Å². The molecule has 0 spiro atoms. The number of halogens is 2. The number of carbonyl (C=O) groups is 1. The van der Waals surface area contributed by atoms with Gasteiger partial charge in [-0.25, -0.2) is 8.78 Å². The molecule has 0 heterocycles. The minimum Gasteiger partial charge on any atom is -0.396 e. The molecule has 0 aliphatic rings. The molecule has 0 saturated carbocycles. The van der Waals surface area contributed by atoms with Gasteiger partial charge in [-0.2, -0.15) is 0 Å². The van der Waals surface area contributed by atoms with E-state index < -0.39 is 11.6 Å². The minimum atomic E-state index is -0.552. The van der Waals surface area contributed by atoms with Crippen molar-refractivity contribution in [3.8, 4) is 0 Å². The first-order valence-corrected chi connectivity index (χ1v) is 4.95. The lowest BCUT2D eigenvalue weighted by molar-refractivity contribution is -0.121. The van der Waals surface area contributed by atoms with Gasteiger partial charge in [0.1, 0.15) is 11.6 Å². The van der Waals surface area contributed by atoms with Crippen molar-refractivity contribution < 1.29 is 18.7 Å². The lowest BCUT2D eigenvalue weighted by atomic mass is 10.2. The van der Waals surface area contributed by atoms with E-state index in [2.05, 4.69) is 5.32 Å². The predicted molar refractivity (Wildman–Crippen MR) is 54.5 cm³/mol. The Bertz CT molecular complexity index is 369. The van der Waals surface area contributed by atoms with Crippen LogP contribution in [0.15, 0.2) is 18.2 Å². The molecule has 0 saturated heterocycles. The van der Waals surface area contributed by atoms with Crippen LogP contribution >= 0.6 is 0 Å². The van der Waals surface area contributed by atoms with Gasteiger partial charge in [0.15, 0.2) is 0 Å². The second-order valence-electron chi connectivity index (χ2n) is 3.34. The van der Waals surface area contributed by atoms with Gasteiger partial charge in [-0.1, -0.05) is 0 Å². The van der Waals surface area contributed by atoms with Crippen LogP contribution in [0.4, 0.5) is 8.78 Å². The van der Waals surface area contributed by atoms with Gasteiger partial charge in [-0.05, 0) is 24.6 Å².